The summed E-state index contributed by atoms with van der Waals surface area (Å²) in [5.41, 5.74) is 9.17. The Morgan fingerprint density at radius 3 is 2.73 bits per heavy atom. The van der Waals surface area contributed by atoms with Crippen molar-refractivity contribution < 1.29 is 9.13 Å². The van der Waals surface area contributed by atoms with Gasteiger partial charge in [0.05, 0.1) is 24.3 Å². The minimum absolute atomic E-state index is 0.190. The standard InChI is InChI=1S/C31H29ClFN3O/c1-37-25-7-8-26-22(12-25)3-2-4-28(27-9-10-34-16-29(27)32)31(26)24-6-5-23-11-20(15-35-30(23)13-24)17-36-18-21(14-33)19-36/h5-13,15-16,21H,2-4,14,17-19H2,1H3. The van der Waals surface area contributed by atoms with Crippen molar-refractivity contribution in [2.75, 3.05) is 26.9 Å². The fourth-order valence-electron chi connectivity index (χ4n) is 5.68. The van der Waals surface area contributed by atoms with E-state index >= 15 is 0 Å². The van der Waals surface area contributed by atoms with E-state index < -0.39 is 0 Å². The predicted octanol–water partition coefficient (Wildman–Crippen LogP) is 6.99. The minimum Gasteiger partial charge on any atom is -0.497 e. The van der Waals surface area contributed by atoms with Crippen LogP contribution in [0.5, 0.6) is 5.75 Å². The zero-order valence-corrected chi connectivity index (χ0v) is 21.6. The average molecular weight is 514 g/mol. The number of likely N-dealkylation sites (tertiary alicyclic amines) is 1. The first-order valence-corrected chi connectivity index (χ1v) is 13.2. The molecule has 2 aromatic carbocycles. The number of aromatic nitrogens is 2. The number of halogens is 2. The number of pyridine rings is 2. The third kappa shape index (κ3) is 4.74. The molecule has 0 radical (unpaired) electrons. The Labute approximate surface area is 221 Å². The van der Waals surface area contributed by atoms with Crippen molar-refractivity contribution >= 4 is 33.7 Å². The third-order valence-corrected chi connectivity index (χ3v) is 7.84. The molecule has 188 valence electrons. The molecule has 3 heterocycles. The van der Waals surface area contributed by atoms with Crippen LogP contribution in [0.3, 0.4) is 0 Å². The van der Waals surface area contributed by atoms with Gasteiger partial charge in [0.25, 0.3) is 0 Å². The number of hydrogen-bond acceptors (Lipinski definition) is 4. The van der Waals surface area contributed by atoms with Gasteiger partial charge in [-0.25, -0.2) is 0 Å². The van der Waals surface area contributed by atoms with E-state index in [9.17, 15) is 4.39 Å². The molecule has 1 saturated heterocycles. The van der Waals surface area contributed by atoms with Crippen molar-refractivity contribution in [3.8, 4) is 5.75 Å². The van der Waals surface area contributed by atoms with Gasteiger partial charge in [-0.05, 0) is 88.6 Å². The Kier molecular flexibility index (Phi) is 6.66. The number of allylic oxidation sites excluding steroid dienone is 1. The van der Waals surface area contributed by atoms with Gasteiger partial charge < -0.3 is 4.74 Å². The topological polar surface area (TPSA) is 38.2 Å². The Balaban J connectivity index is 1.45. The fraction of sp³-hybridized carbons (Fsp3) is 0.290. The van der Waals surface area contributed by atoms with Crippen molar-refractivity contribution in [3.05, 3.63) is 100.0 Å². The molecule has 2 aromatic heterocycles. The highest BCUT2D eigenvalue weighted by atomic mass is 35.5. The quantitative estimate of drug-likeness (QED) is 0.278. The third-order valence-electron chi connectivity index (χ3n) is 7.54. The van der Waals surface area contributed by atoms with Crippen LogP contribution in [0.1, 0.15) is 40.7 Å². The number of aryl methyl sites for hydroxylation is 1. The largest absolute Gasteiger partial charge is 0.497 e. The highest BCUT2D eigenvalue weighted by molar-refractivity contribution is 6.32. The molecule has 0 spiro atoms. The Morgan fingerprint density at radius 1 is 1.03 bits per heavy atom. The Morgan fingerprint density at radius 2 is 1.92 bits per heavy atom. The van der Waals surface area contributed by atoms with E-state index in [4.69, 9.17) is 21.3 Å². The summed E-state index contributed by atoms with van der Waals surface area (Å²) in [5.74, 6) is 1.06. The zero-order chi connectivity index (χ0) is 25.4. The normalized spacial score (nSPS) is 16.4. The molecule has 1 fully saturated rings. The molecule has 0 saturated carbocycles. The molecule has 0 atom stereocenters. The van der Waals surface area contributed by atoms with Crippen LogP contribution in [0.4, 0.5) is 4.39 Å². The van der Waals surface area contributed by atoms with Crippen molar-refractivity contribution in [1.29, 1.82) is 0 Å². The summed E-state index contributed by atoms with van der Waals surface area (Å²) in [6, 6.07) is 17.1. The lowest BCUT2D eigenvalue weighted by Crippen LogP contribution is -2.46. The van der Waals surface area contributed by atoms with Crippen LogP contribution >= 0.6 is 11.6 Å². The van der Waals surface area contributed by atoms with Crippen LogP contribution < -0.4 is 4.74 Å². The molecule has 37 heavy (non-hydrogen) atoms. The number of fused-ring (bicyclic) bond motifs is 2. The van der Waals surface area contributed by atoms with E-state index in [1.807, 2.05) is 24.5 Å². The van der Waals surface area contributed by atoms with Gasteiger partial charge in [-0.15, -0.1) is 0 Å². The number of rotatable bonds is 6. The molecule has 0 amide bonds. The molecular formula is C31H29ClFN3O. The molecule has 4 aromatic rings. The summed E-state index contributed by atoms with van der Waals surface area (Å²) in [6.45, 7) is 2.23. The average Bonchev–Trinajstić information content (AvgIpc) is 3.09. The van der Waals surface area contributed by atoms with Crippen molar-refractivity contribution in [3.63, 3.8) is 0 Å². The van der Waals surface area contributed by atoms with Crippen molar-refractivity contribution in [2.24, 2.45) is 5.92 Å². The van der Waals surface area contributed by atoms with Crippen LogP contribution in [0, 0.1) is 5.92 Å². The predicted molar refractivity (Wildman–Crippen MR) is 148 cm³/mol. The molecule has 0 unspecified atom stereocenters. The van der Waals surface area contributed by atoms with Gasteiger partial charge in [-0.2, -0.15) is 0 Å². The number of nitrogens with zero attached hydrogens (tertiary/aromatic N) is 3. The van der Waals surface area contributed by atoms with Gasteiger partial charge in [-0.1, -0.05) is 29.8 Å². The maximum Gasteiger partial charge on any atom is 0.119 e. The monoisotopic (exact) mass is 513 g/mol. The van der Waals surface area contributed by atoms with Crippen LogP contribution in [-0.2, 0) is 13.0 Å². The van der Waals surface area contributed by atoms with Crippen LogP contribution in [0.25, 0.3) is 22.0 Å². The second-order valence-electron chi connectivity index (χ2n) is 10.1. The molecule has 1 aliphatic carbocycles. The first kappa shape index (κ1) is 24.1. The van der Waals surface area contributed by atoms with Gasteiger partial charge in [0.1, 0.15) is 5.75 Å². The van der Waals surface area contributed by atoms with E-state index in [1.165, 1.54) is 22.3 Å². The smallest absolute Gasteiger partial charge is 0.119 e. The van der Waals surface area contributed by atoms with E-state index in [0.717, 1.165) is 72.2 Å². The van der Waals surface area contributed by atoms with Crippen LogP contribution in [-0.4, -0.2) is 41.7 Å². The highest BCUT2D eigenvalue weighted by Gasteiger charge is 2.26. The summed E-state index contributed by atoms with van der Waals surface area (Å²) in [6.07, 6.45) is 8.39. The summed E-state index contributed by atoms with van der Waals surface area (Å²) >= 11 is 6.67. The van der Waals surface area contributed by atoms with E-state index in [-0.39, 0.29) is 12.6 Å². The lowest BCUT2D eigenvalue weighted by molar-refractivity contribution is 0.0737. The SMILES string of the molecule is COc1ccc2c(c1)CCCC(c1ccncc1Cl)=C2c1ccc2cc(CN3CC(CF)C3)cnc2c1. The van der Waals surface area contributed by atoms with E-state index in [2.05, 4.69) is 46.3 Å². The Bertz CT molecular complexity index is 1500. The van der Waals surface area contributed by atoms with Gasteiger partial charge >= 0.3 is 0 Å². The van der Waals surface area contributed by atoms with Crippen molar-refractivity contribution in [1.82, 2.24) is 14.9 Å². The zero-order valence-electron chi connectivity index (χ0n) is 20.9. The summed E-state index contributed by atoms with van der Waals surface area (Å²) < 4.78 is 18.3. The second-order valence-corrected chi connectivity index (χ2v) is 10.5. The van der Waals surface area contributed by atoms with Gasteiger partial charge in [0.2, 0.25) is 0 Å². The number of benzene rings is 2. The van der Waals surface area contributed by atoms with E-state index in [1.54, 1.807) is 13.3 Å². The molecule has 0 bridgehead atoms. The van der Waals surface area contributed by atoms with E-state index in [0.29, 0.717) is 5.02 Å². The van der Waals surface area contributed by atoms with Crippen LogP contribution in [0.15, 0.2) is 67.1 Å². The van der Waals surface area contributed by atoms with Gasteiger partial charge in [0, 0.05) is 49.5 Å². The first-order chi connectivity index (χ1) is 18.1. The maximum absolute atomic E-state index is 12.8. The molecule has 2 aliphatic rings. The lowest BCUT2D eigenvalue weighted by Gasteiger charge is -2.37. The fourth-order valence-corrected chi connectivity index (χ4v) is 5.91. The van der Waals surface area contributed by atoms with Crippen LogP contribution in [0.2, 0.25) is 5.02 Å². The number of ether oxygens (including phenoxy) is 1. The molecule has 6 heteroatoms. The maximum atomic E-state index is 12.8. The first-order valence-electron chi connectivity index (χ1n) is 12.8. The molecule has 0 N–H and O–H groups in total. The Hall–Kier alpha value is -3.28. The van der Waals surface area contributed by atoms with Crippen molar-refractivity contribution in [2.45, 2.75) is 25.8 Å². The second kappa shape index (κ2) is 10.2. The molecule has 6 rings (SSSR count). The lowest BCUT2D eigenvalue weighted by atomic mass is 9.87. The van der Waals surface area contributed by atoms with Gasteiger partial charge in [-0.3, -0.25) is 19.3 Å². The van der Waals surface area contributed by atoms with Gasteiger partial charge in [0.15, 0.2) is 0 Å². The number of hydrogen-bond donors (Lipinski definition) is 0. The summed E-state index contributed by atoms with van der Waals surface area (Å²) in [4.78, 5) is 11.3. The highest BCUT2D eigenvalue weighted by Crippen LogP contribution is 2.42. The molecule has 4 nitrogen and oxygen atoms in total. The molecular weight excluding hydrogens is 485 g/mol. The summed E-state index contributed by atoms with van der Waals surface area (Å²) in [5, 5.41) is 1.77. The molecule has 1 aliphatic heterocycles. The number of alkyl halides is 1. The number of methoxy groups -OCH3 is 1. The summed E-state index contributed by atoms with van der Waals surface area (Å²) in [7, 11) is 1.71. The minimum atomic E-state index is -0.228.